The number of aromatic nitrogens is 1. The quantitative estimate of drug-likeness (QED) is 0.643. The molecule has 0 bridgehead atoms. The van der Waals surface area contributed by atoms with E-state index >= 15 is 0 Å². The second-order valence-electron chi connectivity index (χ2n) is 9.78. The summed E-state index contributed by atoms with van der Waals surface area (Å²) in [4.78, 5) is 4.65. The van der Waals surface area contributed by atoms with Crippen LogP contribution >= 0.6 is 0 Å². The number of rotatable bonds is 7. The number of nitrogens with zero attached hydrogens (tertiary/aromatic N) is 3. The van der Waals surface area contributed by atoms with Crippen molar-refractivity contribution < 1.29 is 19.3 Å². The molecule has 2 N–H and O–H groups in total. The molecule has 7 heteroatoms. The van der Waals surface area contributed by atoms with E-state index in [1.807, 2.05) is 0 Å². The SMILES string of the molecule is Oc1c2c(c(O)n1CCCN1CCN(c3cc(F)ccc3OC3CCCC3)CC1)CCCC2. The molecule has 2 aliphatic carbocycles. The first kappa shape index (κ1) is 22.4. The summed E-state index contributed by atoms with van der Waals surface area (Å²) in [6.07, 6.45) is 9.57. The first-order valence-corrected chi connectivity index (χ1v) is 12.7. The molecule has 2 heterocycles. The van der Waals surface area contributed by atoms with Gasteiger partial charge in [0.15, 0.2) is 11.8 Å². The highest BCUT2D eigenvalue weighted by Gasteiger charge is 2.25. The summed E-state index contributed by atoms with van der Waals surface area (Å²) < 4.78 is 22.0. The monoisotopic (exact) mass is 457 g/mol. The number of halogens is 1. The third kappa shape index (κ3) is 4.79. The van der Waals surface area contributed by atoms with Crippen LogP contribution in [0.3, 0.4) is 0 Å². The van der Waals surface area contributed by atoms with Crippen molar-refractivity contribution in [2.75, 3.05) is 37.6 Å². The van der Waals surface area contributed by atoms with Crippen molar-refractivity contribution in [2.45, 2.75) is 70.4 Å². The first-order chi connectivity index (χ1) is 16.1. The Bertz CT molecular complexity index is 933. The van der Waals surface area contributed by atoms with Crippen LogP contribution in [0.15, 0.2) is 18.2 Å². The van der Waals surface area contributed by atoms with Gasteiger partial charge < -0.3 is 19.8 Å². The summed E-state index contributed by atoms with van der Waals surface area (Å²) >= 11 is 0. The third-order valence-electron chi connectivity index (χ3n) is 7.60. The highest BCUT2D eigenvalue weighted by molar-refractivity contribution is 5.59. The number of aromatic hydroxyl groups is 2. The molecule has 0 radical (unpaired) electrons. The molecule has 6 nitrogen and oxygen atoms in total. The van der Waals surface area contributed by atoms with Gasteiger partial charge in [0.2, 0.25) is 0 Å². The van der Waals surface area contributed by atoms with Crippen LogP contribution in [-0.2, 0) is 19.4 Å². The lowest BCUT2D eigenvalue weighted by molar-refractivity contribution is 0.208. The van der Waals surface area contributed by atoms with E-state index < -0.39 is 0 Å². The minimum Gasteiger partial charge on any atom is -0.494 e. The van der Waals surface area contributed by atoms with E-state index in [1.54, 1.807) is 16.7 Å². The lowest BCUT2D eigenvalue weighted by Crippen LogP contribution is -2.47. The molecule has 1 aromatic heterocycles. The molecule has 5 rings (SSSR count). The number of piperazine rings is 1. The molecule has 0 atom stereocenters. The van der Waals surface area contributed by atoms with E-state index in [-0.39, 0.29) is 23.7 Å². The van der Waals surface area contributed by atoms with Crippen LogP contribution in [0.4, 0.5) is 10.1 Å². The first-order valence-electron chi connectivity index (χ1n) is 12.7. The van der Waals surface area contributed by atoms with Gasteiger partial charge in [0, 0.05) is 49.9 Å². The second-order valence-corrected chi connectivity index (χ2v) is 9.78. The van der Waals surface area contributed by atoms with Gasteiger partial charge in [-0.1, -0.05) is 0 Å². The van der Waals surface area contributed by atoms with E-state index in [4.69, 9.17) is 4.74 Å². The van der Waals surface area contributed by atoms with E-state index in [1.165, 1.54) is 18.9 Å². The number of anilines is 1. The summed E-state index contributed by atoms with van der Waals surface area (Å²) in [5.41, 5.74) is 2.76. The highest BCUT2D eigenvalue weighted by atomic mass is 19.1. The van der Waals surface area contributed by atoms with E-state index in [2.05, 4.69) is 9.80 Å². The van der Waals surface area contributed by atoms with Gasteiger partial charge in [-0.3, -0.25) is 9.47 Å². The minimum absolute atomic E-state index is 0.222. The lowest BCUT2D eigenvalue weighted by atomic mass is 9.95. The van der Waals surface area contributed by atoms with Crippen molar-refractivity contribution in [1.82, 2.24) is 9.47 Å². The van der Waals surface area contributed by atoms with Crippen molar-refractivity contribution in [3.8, 4) is 17.5 Å². The number of hydrogen-bond donors (Lipinski definition) is 2. The van der Waals surface area contributed by atoms with Crippen LogP contribution in [0, 0.1) is 5.82 Å². The lowest BCUT2D eigenvalue weighted by Gasteiger charge is -2.37. The maximum Gasteiger partial charge on any atom is 0.197 e. The number of benzene rings is 1. The molecule has 1 saturated carbocycles. The summed E-state index contributed by atoms with van der Waals surface area (Å²) in [7, 11) is 0. The predicted molar refractivity (Wildman–Crippen MR) is 127 cm³/mol. The molecule has 0 spiro atoms. The van der Waals surface area contributed by atoms with Crippen molar-refractivity contribution in [3.63, 3.8) is 0 Å². The fraction of sp³-hybridized carbons (Fsp3) is 0.615. The Balaban J connectivity index is 1.15. The molecule has 1 saturated heterocycles. The average molecular weight is 458 g/mol. The maximum absolute atomic E-state index is 14.0. The normalized spacial score (nSPS) is 19.7. The summed E-state index contributed by atoms with van der Waals surface area (Å²) in [6, 6.07) is 4.89. The molecule has 1 aliphatic heterocycles. The van der Waals surface area contributed by atoms with Crippen LogP contribution in [0.5, 0.6) is 17.5 Å². The Hall–Kier alpha value is -2.41. The largest absolute Gasteiger partial charge is 0.494 e. The third-order valence-corrected chi connectivity index (χ3v) is 7.60. The predicted octanol–water partition coefficient (Wildman–Crippen LogP) is 4.45. The highest BCUT2D eigenvalue weighted by Crippen LogP contribution is 2.39. The molecule has 2 fully saturated rings. The average Bonchev–Trinajstić information content (AvgIpc) is 3.43. The molecule has 0 amide bonds. The van der Waals surface area contributed by atoms with Gasteiger partial charge in [0.25, 0.3) is 0 Å². The Kier molecular flexibility index (Phi) is 6.67. The van der Waals surface area contributed by atoms with E-state index in [0.717, 1.165) is 100 Å². The number of ether oxygens (including phenoxy) is 1. The molecule has 33 heavy (non-hydrogen) atoms. The van der Waals surface area contributed by atoms with Gasteiger partial charge in [0.05, 0.1) is 11.8 Å². The second kappa shape index (κ2) is 9.84. The van der Waals surface area contributed by atoms with E-state index in [9.17, 15) is 14.6 Å². The Labute approximate surface area is 195 Å². The van der Waals surface area contributed by atoms with Crippen molar-refractivity contribution in [2.24, 2.45) is 0 Å². The fourth-order valence-corrected chi connectivity index (χ4v) is 5.72. The minimum atomic E-state index is -0.222. The van der Waals surface area contributed by atoms with Gasteiger partial charge in [0.1, 0.15) is 11.6 Å². The zero-order valence-corrected chi connectivity index (χ0v) is 19.4. The smallest absolute Gasteiger partial charge is 0.197 e. The van der Waals surface area contributed by atoms with Gasteiger partial charge in [-0.05, 0) is 76.5 Å². The van der Waals surface area contributed by atoms with Crippen LogP contribution in [0.25, 0.3) is 0 Å². The van der Waals surface area contributed by atoms with Gasteiger partial charge in [-0.25, -0.2) is 4.39 Å². The van der Waals surface area contributed by atoms with Gasteiger partial charge >= 0.3 is 0 Å². The van der Waals surface area contributed by atoms with E-state index in [0.29, 0.717) is 6.54 Å². The zero-order chi connectivity index (χ0) is 22.8. The molecular weight excluding hydrogens is 421 g/mol. The summed E-state index contributed by atoms with van der Waals surface area (Å²) in [5, 5.41) is 21.1. The molecule has 3 aliphatic rings. The van der Waals surface area contributed by atoms with Crippen LogP contribution in [0.2, 0.25) is 0 Å². The van der Waals surface area contributed by atoms with Crippen LogP contribution in [0.1, 0.15) is 56.1 Å². The summed E-state index contributed by atoms with van der Waals surface area (Å²) in [6.45, 7) is 4.99. The molecular formula is C26H36FN3O3. The number of fused-ring (bicyclic) bond motifs is 1. The van der Waals surface area contributed by atoms with Crippen molar-refractivity contribution in [1.29, 1.82) is 0 Å². The molecule has 2 aromatic rings. The Morgan fingerprint density at radius 1 is 0.879 bits per heavy atom. The number of hydrogen-bond acceptors (Lipinski definition) is 5. The van der Waals surface area contributed by atoms with Crippen molar-refractivity contribution >= 4 is 5.69 Å². The molecule has 0 unspecified atom stereocenters. The van der Waals surface area contributed by atoms with Crippen molar-refractivity contribution in [3.05, 3.63) is 35.1 Å². The van der Waals surface area contributed by atoms with Gasteiger partial charge in [-0.2, -0.15) is 0 Å². The maximum atomic E-state index is 14.0. The topological polar surface area (TPSA) is 61.1 Å². The fourth-order valence-electron chi connectivity index (χ4n) is 5.72. The Morgan fingerprint density at radius 3 is 2.21 bits per heavy atom. The molecule has 1 aromatic carbocycles. The Morgan fingerprint density at radius 2 is 1.55 bits per heavy atom. The van der Waals surface area contributed by atoms with Crippen LogP contribution in [-0.4, -0.2) is 58.5 Å². The van der Waals surface area contributed by atoms with Gasteiger partial charge in [-0.15, -0.1) is 0 Å². The van der Waals surface area contributed by atoms with Crippen LogP contribution < -0.4 is 9.64 Å². The zero-order valence-electron chi connectivity index (χ0n) is 19.4. The molecule has 180 valence electrons. The standard InChI is InChI=1S/C26H36FN3O3/c27-19-10-11-24(33-20-6-1-2-7-20)23(18-19)29-16-14-28(15-17-29)12-5-13-30-25(31)21-8-3-4-9-22(21)26(30)32/h10-11,18,20,31-32H,1-9,12-17H2. The summed E-state index contributed by atoms with van der Waals surface area (Å²) in [5.74, 6) is 1.10.